The molecular weight excluding hydrogens is 1000 g/mol. The third-order valence-electron chi connectivity index (χ3n) is 13.9. The number of esters is 3. The van der Waals surface area contributed by atoms with Crippen LogP contribution in [0, 0.1) is 0 Å². The summed E-state index contributed by atoms with van der Waals surface area (Å²) in [5, 5.41) is 9.83. The van der Waals surface area contributed by atoms with Crippen molar-refractivity contribution in [3.63, 3.8) is 0 Å². The number of phosphoric acid groups is 1. The van der Waals surface area contributed by atoms with Crippen molar-refractivity contribution in [2.24, 2.45) is 0 Å². The monoisotopic (exact) mass is 1120 g/mol. The topological polar surface area (TPSA) is 155 Å². The maximum absolute atomic E-state index is 13.0. The molecule has 0 radical (unpaired) electrons. The highest BCUT2D eigenvalue weighted by molar-refractivity contribution is 7.47. The Bertz CT molecular complexity index is 1540. The van der Waals surface area contributed by atoms with Crippen molar-refractivity contribution < 1.29 is 52.2 Å². The van der Waals surface area contributed by atoms with Crippen LogP contribution < -0.4 is 0 Å². The molecule has 0 aliphatic heterocycles. The van der Waals surface area contributed by atoms with Gasteiger partial charge in [-0.3, -0.25) is 23.4 Å². The fourth-order valence-corrected chi connectivity index (χ4v) is 9.83. The normalized spacial score (nSPS) is 13.7. The van der Waals surface area contributed by atoms with Gasteiger partial charge in [0.25, 0.3) is 0 Å². The minimum absolute atomic E-state index is 0.142. The number of allylic oxidation sites excluding steroid dienone is 10. The average Bonchev–Trinajstić information content (AvgIpc) is 3.43. The van der Waals surface area contributed by atoms with Gasteiger partial charge < -0.3 is 24.2 Å². The molecule has 454 valence electrons. The smallest absolute Gasteiger partial charge is 0.462 e. The third-order valence-corrected chi connectivity index (χ3v) is 14.9. The molecule has 0 aromatic heterocycles. The van der Waals surface area contributed by atoms with Crippen LogP contribution in [0.1, 0.15) is 303 Å². The van der Waals surface area contributed by atoms with Gasteiger partial charge in [-0.15, -0.1) is 0 Å². The second-order valence-corrected chi connectivity index (χ2v) is 23.0. The summed E-state index contributed by atoms with van der Waals surface area (Å²) in [7, 11) is -4.76. The third kappa shape index (κ3) is 57.9. The lowest BCUT2D eigenvalue weighted by Gasteiger charge is -2.21. The van der Waals surface area contributed by atoms with Gasteiger partial charge in [0.2, 0.25) is 0 Å². The first-order valence-electron chi connectivity index (χ1n) is 32.2. The van der Waals surface area contributed by atoms with E-state index in [4.69, 9.17) is 23.3 Å². The molecule has 0 aliphatic rings. The van der Waals surface area contributed by atoms with E-state index >= 15 is 0 Å². The van der Waals surface area contributed by atoms with E-state index in [1.807, 2.05) is 0 Å². The summed E-state index contributed by atoms with van der Waals surface area (Å²) in [5.41, 5.74) is 0. The lowest BCUT2D eigenvalue weighted by Crippen LogP contribution is -2.30. The van der Waals surface area contributed by atoms with Crippen molar-refractivity contribution in [1.29, 1.82) is 0 Å². The van der Waals surface area contributed by atoms with Gasteiger partial charge in [0, 0.05) is 19.3 Å². The standard InChI is InChI=1S/C66H119O11P/c1-4-7-10-13-16-19-22-25-27-29-31-33-35-38-40-43-46-49-52-55-64(68)73-59-63(77-66(70)57-54-51-48-45-42-39-36-34-32-30-28-26-23-20-17-14-11-8-5-2)61-75-78(71,72)74-60-62(58-67)76-65(69)56-53-50-47-44-41-37-24-21-18-15-12-9-6-3/h9,12,17-18,20-21,26,28,37,41,62-63,67H,4-8,10-11,13-16,19,22-25,27,29-36,38-40,42-61H2,1-3H3,(H,71,72)/b12-9-,20-17-,21-18-,28-26-,41-37-. The molecule has 0 rings (SSSR count). The molecule has 11 nitrogen and oxygen atoms in total. The molecule has 12 heteroatoms. The van der Waals surface area contributed by atoms with Crippen molar-refractivity contribution in [2.75, 3.05) is 26.4 Å². The first-order chi connectivity index (χ1) is 38.2. The number of hydrogen-bond donors (Lipinski definition) is 2. The van der Waals surface area contributed by atoms with Crippen LogP contribution in [0.5, 0.6) is 0 Å². The maximum atomic E-state index is 13.0. The van der Waals surface area contributed by atoms with Crippen molar-refractivity contribution in [3.05, 3.63) is 60.8 Å². The Balaban J connectivity index is 4.70. The van der Waals surface area contributed by atoms with Crippen molar-refractivity contribution in [3.8, 4) is 0 Å². The molecule has 0 heterocycles. The molecular formula is C66H119O11P. The molecule has 0 aromatic carbocycles. The van der Waals surface area contributed by atoms with Gasteiger partial charge in [-0.1, -0.05) is 261 Å². The van der Waals surface area contributed by atoms with E-state index in [1.54, 1.807) is 0 Å². The number of carbonyl (C=O) groups excluding carboxylic acids is 3. The van der Waals surface area contributed by atoms with Crippen LogP contribution in [0.2, 0.25) is 0 Å². The zero-order chi connectivity index (χ0) is 56.9. The van der Waals surface area contributed by atoms with Crippen LogP contribution >= 0.6 is 7.82 Å². The molecule has 3 atom stereocenters. The van der Waals surface area contributed by atoms with Gasteiger partial charge >= 0.3 is 25.7 Å². The zero-order valence-corrected chi connectivity index (χ0v) is 51.3. The van der Waals surface area contributed by atoms with E-state index in [1.165, 1.54) is 154 Å². The van der Waals surface area contributed by atoms with Crippen LogP contribution in [0.3, 0.4) is 0 Å². The van der Waals surface area contributed by atoms with E-state index in [9.17, 15) is 28.9 Å². The van der Waals surface area contributed by atoms with Crippen LogP contribution in [-0.4, -0.2) is 66.5 Å². The summed E-state index contributed by atoms with van der Waals surface area (Å²) >= 11 is 0. The fourth-order valence-electron chi connectivity index (χ4n) is 9.05. The van der Waals surface area contributed by atoms with Crippen LogP contribution in [0.15, 0.2) is 60.8 Å². The highest BCUT2D eigenvalue weighted by Crippen LogP contribution is 2.43. The Hall–Kier alpha value is -2.82. The fraction of sp³-hybridized carbons (Fsp3) is 0.803. The van der Waals surface area contributed by atoms with Gasteiger partial charge in [-0.2, -0.15) is 0 Å². The van der Waals surface area contributed by atoms with Crippen LogP contribution in [0.25, 0.3) is 0 Å². The number of ether oxygens (including phenoxy) is 3. The molecule has 0 aliphatic carbocycles. The predicted molar refractivity (Wildman–Crippen MR) is 325 cm³/mol. The molecule has 0 fully saturated rings. The number of phosphoric ester groups is 1. The molecule has 0 saturated heterocycles. The summed E-state index contributed by atoms with van der Waals surface area (Å²) in [6.07, 6.45) is 67.5. The van der Waals surface area contributed by atoms with E-state index in [0.29, 0.717) is 19.3 Å². The van der Waals surface area contributed by atoms with E-state index in [2.05, 4.69) is 81.5 Å². The molecule has 2 N–H and O–H groups in total. The molecule has 3 unspecified atom stereocenters. The van der Waals surface area contributed by atoms with Crippen LogP contribution in [0.4, 0.5) is 0 Å². The number of rotatable bonds is 60. The van der Waals surface area contributed by atoms with E-state index < -0.39 is 57.8 Å². The lowest BCUT2D eigenvalue weighted by atomic mass is 10.0. The van der Waals surface area contributed by atoms with Gasteiger partial charge in [0.05, 0.1) is 19.8 Å². The number of aliphatic hydroxyl groups excluding tert-OH is 1. The minimum atomic E-state index is -4.76. The Morgan fingerprint density at radius 1 is 0.372 bits per heavy atom. The number of hydrogen-bond acceptors (Lipinski definition) is 10. The molecule has 0 saturated carbocycles. The first-order valence-corrected chi connectivity index (χ1v) is 33.7. The SMILES string of the molecule is CC/C=C\C/C=C\C/C=C\CCCCCC(=O)OC(CO)COP(=O)(O)OCC(COC(=O)CCCCCCCCCCCCCCCCCCCCC)OC(=O)CCCCCCCCCCC/C=C\C/C=C\CCCCC. The van der Waals surface area contributed by atoms with Gasteiger partial charge in [-0.25, -0.2) is 4.57 Å². The second kappa shape index (κ2) is 60.3. The summed E-state index contributed by atoms with van der Waals surface area (Å²) in [6.45, 7) is 4.52. The lowest BCUT2D eigenvalue weighted by molar-refractivity contribution is -0.161. The molecule has 78 heavy (non-hydrogen) atoms. The summed E-state index contributed by atoms with van der Waals surface area (Å²) < 4.78 is 39.6. The van der Waals surface area contributed by atoms with Crippen molar-refractivity contribution >= 4 is 25.7 Å². The van der Waals surface area contributed by atoms with Crippen molar-refractivity contribution in [1.82, 2.24) is 0 Å². The quantitative estimate of drug-likeness (QED) is 0.0197. The van der Waals surface area contributed by atoms with Crippen molar-refractivity contribution in [2.45, 2.75) is 315 Å². The maximum Gasteiger partial charge on any atom is 0.472 e. The summed E-state index contributed by atoms with van der Waals surface area (Å²) in [4.78, 5) is 48.7. The number of aliphatic hydroxyl groups is 1. The summed E-state index contributed by atoms with van der Waals surface area (Å²) in [6, 6.07) is 0. The Labute approximate surface area is 478 Å². The molecule has 0 bridgehead atoms. The zero-order valence-electron chi connectivity index (χ0n) is 50.4. The molecule has 0 spiro atoms. The Morgan fingerprint density at radius 2 is 0.667 bits per heavy atom. The Morgan fingerprint density at radius 3 is 1.06 bits per heavy atom. The van der Waals surface area contributed by atoms with E-state index in [0.717, 1.165) is 89.9 Å². The minimum Gasteiger partial charge on any atom is -0.462 e. The van der Waals surface area contributed by atoms with Gasteiger partial charge in [0.1, 0.15) is 12.7 Å². The highest BCUT2D eigenvalue weighted by Gasteiger charge is 2.28. The first kappa shape index (κ1) is 75.2. The predicted octanol–water partition coefficient (Wildman–Crippen LogP) is 19.5. The van der Waals surface area contributed by atoms with Gasteiger partial charge in [0.15, 0.2) is 6.10 Å². The molecule has 0 amide bonds. The largest absolute Gasteiger partial charge is 0.472 e. The van der Waals surface area contributed by atoms with Gasteiger partial charge in [-0.05, 0) is 83.5 Å². The van der Waals surface area contributed by atoms with E-state index in [-0.39, 0.29) is 25.9 Å². The number of unbranched alkanes of at least 4 members (excludes halogenated alkanes) is 33. The second-order valence-electron chi connectivity index (χ2n) is 21.6. The Kier molecular flexibility index (Phi) is 58.1. The summed E-state index contributed by atoms with van der Waals surface area (Å²) in [5.74, 6) is -1.48. The number of carbonyl (C=O) groups is 3. The molecule has 0 aromatic rings. The highest BCUT2D eigenvalue weighted by atomic mass is 31.2. The average molecular weight is 1120 g/mol. The van der Waals surface area contributed by atoms with Crippen LogP contribution in [-0.2, 0) is 42.2 Å².